The molecule has 1 atom stereocenters. The van der Waals surface area contributed by atoms with Gasteiger partial charge in [-0.25, -0.2) is 0 Å². The SMILES string of the molecule is CCCOC(=O)CCC(CC)(CCC)P(=O)(O)O. The molecule has 0 saturated heterocycles. The summed E-state index contributed by atoms with van der Waals surface area (Å²) in [6, 6.07) is 0. The summed E-state index contributed by atoms with van der Waals surface area (Å²) in [4.78, 5) is 30.4. The lowest BCUT2D eigenvalue weighted by Crippen LogP contribution is -2.29. The second-order valence-electron chi connectivity index (χ2n) is 4.59. The Balaban J connectivity index is 4.61. The minimum absolute atomic E-state index is 0.0684. The van der Waals surface area contributed by atoms with Crippen LogP contribution < -0.4 is 0 Å². The summed E-state index contributed by atoms with van der Waals surface area (Å²) < 4.78 is 16.6. The monoisotopic (exact) mass is 280 g/mol. The van der Waals surface area contributed by atoms with E-state index in [2.05, 4.69) is 0 Å². The van der Waals surface area contributed by atoms with Crippen molar-refractivity contribution >= 4 is 13.6 Å². The van der Waals surface area contributed by atoms with Gasteiger partial charge in [0.15, 0.2) is 0 Å². The molecule has 0 bridgehead atoms. The number of rotatable bonds is 9. The Morgan fingerprint density at radius 3 is 2.17 bits per heavy atom. The summed E-state index contributed by atoms with van der Waals surface area (Å²) in [5.74, 6) is -0.376. The van der Waals surface area contributed by atoms with Crippen LogP contribution in [0.4, 0.5) is 0 Å². The van der Waals surface area contributed by atoms with E-state index in [-0.39, 0.29) is 18.8 Å². The van der Waals surface area contributed by atoms with Crippen molar-refractivity contribution in [2.24, 2.45) is 0 Å². The molecule has 0 spiro atoms. The highest BCUT2D eigenvalue weighted by molar-refractivity contribution is 7.53. The van der Waals surface area contributed by atoms with Crippen LogP contribution in [0, 0.1) is 0 Å². The molecule has 0 radical (unpaired) electrons. The molecule has 0 aliphatic carbocycles. The highest BCUT2D eigenvalue weighted by atomic mass is 31.2. The standard InChI is InChI=1S/C12H25O5P/c1-4-8-12(6-3,18(14,15)16)9-7-11(13)17-10-5-2/h4-10H2,1-3H3,(H2,14,15,16). The van der Waals surface area contributed by atoms with Crippen LogP contribution in [0.2, 0.25) is 0 Å². The Bertz CT molecular complexity index is 299. The number of ether oxygens (including phenoxy) is 1. The van der Waals surface area contributed by atoms with Gasteiger partial charge in [0.25, 0.3) is 0 Å². The van der Waals surface area contributed by atoms with Crippen LogP contribution in [-0.2, 0) is 14.1 Å². The maximum atomic E-state index is 11.6. The third-order valence-corrected chi connectivity index (χ3v) is 5.25. The van der Waals surface area contributed by atoms with Crippen molar-refractivity contribution in [3.05, 3.63) is 0 Å². The van der Waals surface area contributed by atoms with Gasteiger partial charge in [-0.05, 0) is 25.7 Å². The largest absolute Gasteiger partial charge is 0.466 e. The van der Waals surface area contributed by atoms with Crippen LogP contribution in [-0.4, -0.2) is 27.5 Å². The molecule has 0 aliphatic rings. The molecule has 6 heteroatoms. The molecule has 0 aliphatic heterocycles. The average Bonchev–Trinajstić information content (AvgIpc) is 2.30. The Hall–Kier alpha value is -0.380. The Morgan fingerprint density at radius 1 is 1.17 bits per heavy atom. The lowest BCUT2D eigenvalue weighted by molar-refractivity contribution is -0.143. The Kier molecular flexibility index (Phi) is 7.76. The van der Waals surface area contributed by atoms with Crippen molar-refractivity contribution in [1.82, 2.24) is 0 Å². The molecule has 0 rings (SSSR count). The molecular weight excluding hydrogens is 255 g/mol. The van der Waals surface area contributed by atoms with E-state index in [9.17, 15) is 19.1 Å². The number of hydrogen-bond donors (Lipinski definition) is 2. The molecule has 0 fully saturated rings. The number of carbonyl (C=O) groups is 1. The van der Waals surface area contributed by atoms with Gasteiger partial charge in [-0.3, -0.25) is 9.36 Å². The highest BCUT2D eigenvalue weighted by Crippen LogP contribution is 2.57. The van der Waals surface area contributed by atoms with Crippen LogP contribution in [0.15, 0.2) is 0 Å². The number of esters is 1. The van der Waals surface area contributed by atoms with Gasteiger partial charge in [-0.2, -0.15) is 0 Å². The molecule has 0 saturated carbocycles. The molecule has 0 amide bonds. The molecule has 0 aromatic heterocycles. The van der Waals surface area contributed by atoms with Crippen molar-refractivity contribution < 1.29 is 23.9 Å². The van der Waals surface area contributed by atoms with Crippen molar-refractivity contribution in [2.75, 3.05) is 6.61 Å². The van der Waals surface area contributed by atoms with E-state index in [1.54, 1.807) is 6.92 Å². The summed E-state index contributed by atoms with van der Waals surface area (Å²) in [6.07, 6.45) is 2.48. The maximum absolute atomic E-state index is 11.6. The van der Waals surface area contributed by atoms with Crippen LogP contribution in [0.5, 0.6) is 0 Å². The summed E-state index contributed by atoms with van der Waals surface area (Å²) in [6.45, 7) is 5.90. The molecule has 1 unspecified atom stereocenters. The summed E-state index contributed by atoms with van der Waals surface area (Å²) in [7, 11) is -4.21. The van der Waals surface area contributed by atoms with Gasteiger partial charge in [0, 0.05) is 6.42 Å². The van der Waals surface area contributed by atoms with Gasteiger partial charge in [0.1, 0.15) is 0 Å². The Labute approximate surface area is 109 Å². The molecule has 108 valence electrons. The quantitative estimate of drug-likeness (QED) is 0.501. The fourth-order valence-electron chi connectivity index (χ4n) is 2.06. The second kappa shape index (κ2) is 7.93. The predicted molar refractivity (Wildman–Crippen MR) is 70.5 cm³/mol. The maximum Gasteiger partial charge on any atom is 0.331 e. The van der Waals surface area contributed by atoms with Gasteiger partial charge in [-0.15, -0.1) is 0 Å². The first-order valence-electron chi connectivity index (χ1n) is 6.54. The molecule has 0 aromatic carbocycles. The van der Waals surface area contributed by atoms with Gasteiger partial charge in [0.2, 0.25) is 0 Å². The summed E-state index contributed by atoms with van der Waals surface area (Å²) in [5, 5.41) is -1.08. The zero-order valence-electron chi connectivity index (χ0n) is 11.5. The first-order chi connectivity index (χ1) is 8.33. The average molecular weight is 280 g/mol. The topological polar surface area (TPSA) is 83.8 Å². The van der Waals surface area contributed by atoms with E-state index in [1.165, 1.54) is 0 Å². The lowest BCUT2D eigenvalue weighted by Gasteiger charge is -2.32. The molecule has 0 aromatic rings. The highest BCUT2D eigenvalue weighted by Gasteiger charge is 2.44. The van der Waals surface area contributed by atoms with E-state index < -0.39 is 12.8 Å². The molecular formula is C12H25O5P. The van der Waals surface area contributed by atoms with Crippen LogP contribution >= 0.6 is 7.60 Å². The van der Waals surface area contributed by atoms with Crippen LogP contribution in [0.25, 0.3) is 0 Å². The third-order valence-electron chi connectivity index (χ3n) is 3.25. The normalized spacial score (nSPS) is 15.2. The van der Waals surface area contributed by atoms with Gasteiger partial charge >= 0.3 is 13.6 Å². The number of hydrogen-bond acceptors (Lipinski definition) is 3. The first kappa shape index (κ1) is 17.6. The third kappa shape index (κ3) is 5.09. The minimum atomic E-state index is -4.21. The fraction of sp³-hybridized carbons (Fsp3) is 0.917. The van der Waals surface area contributed by atoms with Gasteiger partial charge in [0.05, 0.1) is 11.8 Å². The van der Waals surface area contributed by atoms with Crippen LogP contribution in [0.1, 0.15) is 59.3 Å². The predicted octanol–water partition coefficient (Wildman–Crippen LogP) is 2.85. The second-order valence-corrected chi connectivity index (χ2v) is 6.63. The molecule has 18 heavy (non-hydrogen) atoms. The van der Waals surface area contributed by atoms with E-state index in [4.69, 9.17) is 4.74 Å². The van der Waals surface area contributed by atoms with E-state index in [1.807, 2.05) is 13.8 Å². The van der Waals surface area contributed by atoms with Crippen LogP contribution in [0.3, 0.4) is 0 Å². The summed E-state index contributed by atoms with van der Waals surface area (Å²) >= 11 is 0. The van der Waals surface area contributed by atoms with E-state index in [0.717, 1.165) is 6.42 Å². The van der Waals surface area contributed by atoms with Crippen molar-refractivity contribution in [3.8, 4) is 0 Å². The molecule has 0 heterocycles. The van der Waals surface area contributed by atoms with E-state index in [0.29, 0.717) is 25.9 Å². The van der Waals surface area contributed by atoms with Crippen molar-refractivity contribution in [2.45, 2.75) is 64.5 Å². The smallest absolute Gasteiger partial charge is 0.331 e. The van der Waals surface area contributed by atoms with E-state index >= 15 is 0 Å². The van der Waals surface area contributed by atoms with Gasteiger partial charge < -0.3 is 14.5 Å². The zero-order chi connectivity index (χ0) is 14.2. The molecule has 2 N–H and O–H groups in total. The zero-order valence-corrected chi connectivity index (χ0v) is 12.4. The minimum Gasteiger partial charge on any atom is -0.466 e. The first-order valence-corrected chi connectivity index (χ1v) is 8.15. The number of carbonyl (C=O) groups excluding carboxylic acids is 1. The van der Waals surface area contributed by atoms with Crippen molar-refractivity contribution in [1.29, 1.82) is 0 Å². The molecule has 5 nitrogen and oxygen atoms in total. The summed E-state index contributed by atoms with van der Waals surface area (Å²) in [5.41, 5.74) is 0. The van der Waals surface area contributed by atoms with Gasteiger partial charge in [-0.1, -0.05) is 27.2 Å². The lowest BCUT2D eigenvalue weighted by atomic mass is 9.94. The fourth-order valence-corrected chi connectivity index (χ4v) is 3.39. The Morgan fingerprint density at radius 2 is 1.78 bits per heavy atom. The van der Waals surface area contributed by atoms with Crippen molar-refractivity contribution in [3.63, 3.8) is 0 Å².